The van der Waals surface area contributed by atoms with Crippen LogP contribution in [0, 0.1) is 11.8 Å². The van der Waals surface area contributed by atoms with E-state index in [1.165, 1.54) is 99.7 Å². The summed E-state index contributed by atoms with van der Waals surface area (Å²) in [5, 5.41) is 3.68. The van der Waals surface area contributed by atoms with E-state index in [0.717, 1.165) is 91.1 Å². The van der Waals surface area contributed by atoms with Gasteiger partial charge in [0.25, 0.3) is 0 Å². The van der Waals surface area contributed by atoms with Crippen molar-refractivity contribution in [2.24, 2.45) is 11.8 Å². The molecule has 5 aliphatic carbocycles. The molecule has 12 aromatic carbocycles. The Morgan fingerprint density at radius 3 is 1.16 bits per heavy atom. The van der Waals surface area contributed by atoms with Crippen LogP contribution in [-0.2, 0) is 17.3 Å². The molecule has 3 aromatic heterocycles. The Bertz CT molecular complexity index is 6000. The molecule has 0 bridgehead atoms. The highest BCUT2D eigenvalue weighted by Gasteiger charge is 2.46. The zero-order valence-corrected chi connectivity index (χ0v) is 57.7. The Balaban J connectivity index is 0.795. The molecule has 486 valence electrons. The quantitative estimate of drug-likeness (QED) is 0.137. The molecule has 4 unspecified atom stereocenters. The molecule has 0 saturated heterocycles. The van der Waals surface area contributed by atoms with Crippen LogP contribution >= 0.6 is 0 Å². The second-order valence-corrected chi connectivity index (χ2v) is 29.9. The van der Waals surface area contributed by atoms with Gasteiger partial charge in [0.2, 0.25) is 0 Å². The van der Waals surface area contributed by atoms with Gasteiger partial charge in [0.1, 0.15) is 0 Å². The fraction of sp³-hybridized carbons (Fsp3) is 0.122. The summed E-state index contributed by atoms with van der Waals surface area (Å²) >= 11 is 0. The average Bonchev–Trinajstić information content (AvgIpc) is 1.51. The maximum atomic E-state index is 6.13. The predicted octanol–water partition coefficient (Wildman–Crippen LogP) is 25.1. The number of benzene rings is 12. The third-order valence-electron chi connectivity index (χ3n) is 23.7. The van der Waals surface area contributed by atoms with Crippen LogP contribution in [0.5, 0.6) is 0 Å². The summed E-state index contributed by atoms with van der Waals surface area (Å²) in [4.78, 5) is 12.3. The van der Waals surface area contributed by atoms with Crippen LogP contribution in [0.4, 0.5) is 0 Å². The summed E-state index contributed by atoms with van der Waals surface area (Å²) in [5.74, 6) is 1.45. The van der Waals surface area contributed by atoms with Crippen LogP contribution in [-0.4, -0.2) is 19.1 Å². The molecule has 4 nitrogen and oxygen atoms in total. The van der Waals surface area contributed by atoms with Crippen LogP contribution in [0.25, 0.3) is 145 Å². The first-order chi connectivity index (χ1) is 50.1. The van der Waals surface area contributed by atoms with Gasteiger partial charge in [0, 0.05) is 72.9 Å². The molecule has 0 saturated carbocycles. The van der Waals surface area contributed by atoms with Crippen LogP contribution in [0.1, 0.15) is 85.0 Å². The van der Waals surface area contributed by atoms with E-state index >= 15 is 0 Å². The molecule has 102 heavy (non-hydrogen) atoms. The van der Waals surface area contributed by atoms with Crippen molar-refractivity contribution < 1.29 is 0 Å². The smallest absolute Gasteiger partial charge is 0.0979 e. The third-order valence-corrected chi connectivity index (χ3v) is 23.7. The number of aromatic nitrogens is 4. The van der Waals surface area contributed by atoms with Crippen LogP contribution < -0.4 is 0 Å². The first-order valence-electron chi connectivity index (χ1n) is 36.3. The highest BCUT2D eigenvalue weighted by molar-refractivity contribution is 6.12. The van der Waals surface area contributed by atoms with Crippen LogP contribution in [0.2, 0.25) is 0 Å². The van der Waals surface area contributed by atoms with Gasteiger partial charge in [-0.15, -0.1) is 0 Å². The second kappa shape index (κ2) is 23.3. The first kappa shape index (κ1) is 60.0. The van der Waals surface area contributed by atoms with Crippen molar-refractivity contribution in [2.75, 3.05) is 0 Å². The zero-order chi connectivity index (χ0) is 68.0. The topological polar surface area (TPSA) is 35.6 Å². The minimum atomic E-state index is -0.0758. The number of rotatable bonds is 10. The van der Waals surface area contributed by atoms with E-state index in [9.17, 15) is 0 Å². The number of nitrogens with zero attached hydrogens (tertiary/aromatic N) is 4. The van der Waals surface area contributed by atoms with E-state index < -0.39 is 0 Å². The van der Waals surface area contributed by atoms with E-state index in [0.29, 0.717) is 23.7 Å². The number of fused-ring (bicyclic) bond motifs is 13. The van der Waals surface area contributed by atoms with Crippen molar-refractivity contribution in [1.82, 2.24) is 19.1 Å². The van der Waals surface area contributed by atoms with E-state index in [1.807, 2.05) is 0 Å². The molecule has 0 amide bonds. The minimum Gasteiger partial charge on any atom is -0.313 e. The maximum Gasteiger partial charge on any atom is 0.0979 e. The van der Waals surface area contributed by atoms with Crippen LogP contribution in [0.15, 0.2) is 322 Å². The lowest BCUT2D eigenvalue weighted by atomic mass is 9.74. The predicted molar refractivity (Wildman–Crippen MR) is 426 cm³/mol. The maximum absolute atomic E-state index is 6.13. The molecule has 20 rings (SSSR count). The highest BCUT2D eigenvalue weighted by Crippen LogP contribution is 2.56. The molecule has 4 atom stereocenters. The van der Waals surface area contributed by atoms with E-state index in [4.69, 9.17) is 9.97 Å². The average molecular weight is 1310 g/mol. The lowest BCUT2D eigenvalue weighted by molar-refractivity contribution is 0.394. The molecule has 3 heterocycles. The third kappa shape index (κ3) is 9.49. The van der Waals surface area contributed by atoms with Gasteiger partial charge in [0.05, 0.1) is 39.0 Å². The first-order valence-corrected chi connectivity index (χ1v) is 36.3. The second-order valence-electron chi connectivity index (χ2n) is 29.9. The van der Waals surface area contributed by atoms with Gasteiger partial charge < -0.3 is 9.13 Å². The standard InChI is InChI=1S/C98H74N4/c1-97(2)85-31-19-17-29-77(85)79-47-37-71(59-87(79)97)75-49-50-76(72-38-48-80-78-30-18-20-32-86(78)98(3,4)88(80)60-72)96-95(75)99-93(65-33-43-73(44-34-65)101-89-51-39-67(61-21-9-5-10-22-61)55-81(89)82-56-68(40-52-90(82)101)62-23-11-6-12-24-62)94(100-96)66-35-45-74(46-36-66)102-91-53-41-69(63-25-13-7-14-26-63)57-83(91)84-58-70(42-54-92(84)102)64-27-15-8-16-28-64/h5-41,43-53,55-60,77-78,85-86H,42,54H2,1-4H3. The number of allylic oxidation sites excluding steroid dienone is 9. The lowest BCUT2D eigenvalue weighted by Crippen LogP contribution is -2.24. The van der Waals surface area contributed by atoms with Crippen molar-refractivity contribution >= 4 is 55.4 Å². The Morgan fingerprint density at radius 1 is 0.324 bits per heavy atom. The SMILES string of the molecule is CC1(C)c2cc(-c3ccc(-c4ccc5c(c4)C(C)(C)C4C=CC=CC54)c4nc(-c5ccc(-n6c7ccc(-c8ccccc8)cc7c7cc(-c8ccccc8)ccc76)cc5)c(-c5ccc(-n6c7c(c8cc(-c9ccccc9)ccc86)C=C(c6ccccc6)CC7)cc5)nc34)ccc2C2C=CC=CC21. The minimum absolute atomic E-state index is 0.0753. The summed E-state index contributed by atoms with van der Waals surface area (Å²) < 4.78 is 4.96. The number of hydrogen-bond acceptors (Lipinski definition) is 2. The Kier molecular flexibility index (Phi) is 13.7. The van der Waals surface area contributed by atoms with Gasteiger partial charge >= 0.3 is 0 Å². The van der Waals surface area contributed by atoms with Gasteiger partial charge in [-0.25, -0.2) is 9.97 Å². The molecule has 0 aliphatic heterocycles. The van der Waals surface area contributed by atoms with E-state index in [-0.39, 0.29) is 10.8 Å². The summed E-state index contributed by atoms with van der Waals surface area (Å²) in [5.41, 5.74) is 33.5. The summed E-state index contributed by atoms with van der Waals surface area (Å²) in [6.45, 7) is 9.72. The van der Waals surface area contributed by atoms with Crippen molar-refractivity contribution in [3.63, 3.8) is 0 Å². The van der Waals surface area contributed by atoms with Gasteiger partial charge in [-0.05, 0) is 180 Å². The fourth-order valence-corrected chi connectivity index (χ4v) is 18.4. The van der Waals surface area contributed by atoms with Gasteiger partial charge in [-0.3, -0.25) is 0 Å². The molecular formula is C98H74N4. The summed E-state index contributed by atoms with van der Waals surface area (Å²) in [7, 11) is 0. The monoisotopic (exact) mass is 1310 g/mol. The summed E-state index contributed by atoms with van der Waals surface area (Å²) in [6.07, 6.45) is 22.9. The highest BCUT2D eigenvalue weighted by atomic mass is 15.0. The normalized spacial score (nSPS) is 18.0. The van der Waals surface area contributed by atoms with E-state index in [1.54, 1.807) is 0 Å². The molecule has 0 spiro atoms. The van der Waals surface area contributed by atoms with Crippen molar-refractivity contribution in [2.45, 2.75) is 63.2 Å². The van der Waals surface area contributed by atoms with Gasteiger partial charge in [-0.2, -0.15) is 0 Å². The van der Waals surface area contributed by atoms with Crippen molar-refractivity contribution in [3.8, 4) is 89.5 Å². The Labute approximate surface area is 596 Å². The van der Waals surface area contributed by atoms with E-state index in [2.05, 4.69) is 364 Å². The number of hydrogen-bond donors (Lipinski definition) is 0. The molecular weight excluding hydrogens is 1230 g/mol. The van der Waals surface area contributed by atoms with Crippen LogP contribution in [0.3, 0.4) is 0 Å². The molecule has 5 aliphatic rings. The van der Waals surface area contributed by atoms with Gasteiger partial charge in [-0.1, -0.05) is 289 Å². The molecule has 4 heteroatoms. The zero-order valence-electron chi connectivity index (χ0n) is 57.7. The fourth-order valence-electron chi connectivity index (χ4n) is 18.4. The van der Waals surface area contributed by atoms with Gasteiger partial charge in [0.15, 0.2) is 0 Å². The van der Waals surface area contributed by atoms with Crippen molar-refractivity contribution in [1.29, 1.82) is 0 Å². The molecule has 15 aromatic rings. The molecule has 0 N–H and O–H groups in total. The Morgan fingerprint density at radius 2 is 0.706 bits per heavy atom. The summed E-state index contributed by atoms with van der Waals surface area (Å²) in [6, 6.07) is 102. The molecule has 0 fully saturated rings. The van der Waals surface area contributed by atoms with Crippen molar-refractivity contribution in [3.05, 3.63) is 361 Å². The Hall–Kier alpha value is -12.0. The molecule has 0 radical (unpaired) electrons. The lowest BCUT2D eigenvalue weighted by Gasteiger charge is -2.29. The largest absolute Gasteiger partial charge is 0.313 e.